The standard InChI is InChI=1S/C20H15N5O3S/c26-16-10-12(11-25(16)13-6-2-1-3-7-13)18-23-24-20(28-18)22-17(27)19-21-14-8-4-5-9-15(14)29-19/h1-9,12H,10-11H2,(H,22,24,27)/t12-/m0/s1. The number of carbonyl (C=O) groups excluding carboxylic acids is 2. The maximum absolute atomic E-state index is 12.5. The van der Waals surface area contributed by atoms with Crippen molar-refractivity contribution in [2.75, 3.05) is 16.8 Å². The van der Waals surface area contributed by atoms with Crippen LogP contribution in [0.3, 0.4) is 0 Å². The van der Waals surface area contributed by atoms with E-state index in [1.807, 2.05) is 54.6 Å². The summed E-state index contributed by atoms with van der Waals surface area (Å²) in [7, 11) is 0. The maximum atomic E-state index is 12.5. The van der Waals surface area contributed by atoms with E-state index in [1.54, 1.807) is 4.90 Å². The minimum absolute atomic E-state index is 0.000499. The van der Waals surface area contributed by atoms with Crippen molar-refractivity contribution in [3.05, 3.63) is 65.5 Å². The number of amides is 2. The Labute approximate surface area is 169 Å². The van der Waals surface area contributed by atoms with E-state index in [-0.39, 0.29) is 24.3 Å². The molecule has 0 spiro atoms. The van der Waals surface area contributed by atoms with E-state index in [2.05, 4.69) is 20.5 Å². The monoisotopic (exact) mass is 405 g/mol. The average molecular weight is 405 g/mol. The van der Waals surface area contributed by atoms with E-state index in [0.29, 0.717) is 17.4 Å². The molecule has 4 aromatic rings. The van der Waals surface area contributed by atoms with Gasteiger partial charge in [0.1, 0.15) is 0 Å². The molecule has 1 aliphatic heterocycles. The van der Waals surface area contributed by atoms with E-state index in [4.69, 9.17) is 4.42 Å². The van der Waals surface area contributed by atoms with Gasteiger partial charge in [-0.25, -0.2) is 4.98 Å². The van der Waals surface area contributed by atoms with Gasteiger partial charge < -0.3 is 9.32 Å². The van der Waals surface area contributed by atoms with Gasteiger partial charge in [-0.1, -0.05) is 35.4 Å². The second-order valence-electron chi connectivity index (χ2n) is 6.63. The number of hydrogen-bond donors (Lipinski definition) is 1. The van der Waals surface area contributed by atoms with E-state index in [1.165, 1.54) is 11.3 Å². The second kappa shape index (κ2) is 7.10. The predicted octanol–water partition coefficient (Wildman–Crippen LogP) is 3.45. The number of aromatic nitrogens is 3. The van der Waals surface area contributed by atoms with Crippen molar-refractivity contribution in [1.82, 2.24) is 15.2 Å². The molecule has 1 N–H and O–H groups in total. The highest BCUT2D eigenvalue weighted by molar-refractivity contribution is 7.20. The molecular weight excluding hydrogens is 390 g/mol. The zero-order chi connectivity index (χ0) is 19.8. The largest absolute Gasteiger partial charge is 0.407 e. The fraction of sp³-hybridized carbons (Fsp3) is 0.150. The molecule has 2 aromatic carbocycles. The Balaban J connectivity index is 1.29. The van der Waals surface area contributed by atoms with E-state index in [9.17, 15) is 9.59 Å². The Hall–Kier alpha value is -3.59. The van der Waals surface area contributed by atoms with Gasteiger partial charge in [0.05, 0.1) is 16.1 Å². The molecule has 0 bridgehead atoms. The third-order valence-electron chi connectivity index (χ3n) is 4.69. The molecule has 1 aliphatic rings. The van der Waals surface area contributed by atoms with Crippen LogP contribution >= 0.6 is 11.3 Å². The lowest BCUT2D eigenvalue weighted by atomic mass is 10.1. The zero-order valence-corrected chi connectivity index (χ0v) is 15.9. The third-order valence-corrected chi connectivity index (χ3v) is 5.73. The van der Waals surface area contributed by atoms with E-state index < -0.39 is 5.91 Å². The SMILES string of the molecule is O=C(Nc1nnc([C@H]2CC(=O)N(c3ccccc3)C2)o1)c1nc2ccccc2s1. The van der Waals surface area contributed by atoms with E-state index >= 15 is 0 Å². The van der Waals surface area contributed by atoms with Crippen molar-refractivity contribution in [3.8, 4) is 0 Å². The topological polar surface area (TPSA) is 101 Å². The van der Waals surface area contributed by atoms with Gasteiger partial charge in [-0.2, -0.15) is 0 Å². The number of rotatable bonds is 4. The summed E-state index contributed by atoms with van der Waals surface area (Å²) < 4.78 is 6.54. The summed E-state index contributed by atoms with van der Waals surface area (Å²) in [6.45, 7) is 0.455. The van der Waals surface area contributed by atoms with Crippen LogP contribution in [0.5, 0.6) is 0 Å². The molecule has 5 rings (SSSR count). The number of anilines is 2. The van der Waals surface area contributed by atoms with Gasteiger partial charge in [-0.05, 0) is 24.3 Å². The van der Waals surface area contributed by atoms with Crippen molar-refractivity contribution < 1.29 is 14.0 Å². The molecule has 1 saturated heterocycles. The fourth-order valence-electron chi connectivity index (χ4n) is 3.30. The van der Waals surface area contributed by atoms with Crippen LogP contribution in [0, 0.1) is 0 Å². The summed E-state index contributed by atoms with van der Waals surface area (Å²) in [6.07, 6.45) is 0.280. The molecule has 9 heteroatoms. The molecule has 0 saturated carbocycles. The summed E-state index contributed by atoms with van der Waals surface area (Å²) in [6, 6.07) is 17.0. The smallest absolute Gasteiger partial charge is 0.322 e. The Bertz CT molecular complexity index is 1170. The lowest BCUT2D eigenvalue weighted by Gasteiger charge is -2.15. The minimum Gasteiger partial charge on any atom is -0.407 e. The highest BCUT2D eigenvalue weighted by atomic mass is 32.1. The highest BCUT2D eigenvalue weighted by Gasteiger charge is 2.35. The van der Waals surface area contributed by atoms with Crippen molar-refractivity contribution in [2.24, 2.45) is 0 Å². The van der Waals surface area contributed by atoms with Crippen molar-refractivity contribution >= 4 is 45.1 Å². The molecule has 8 nitrogen and oxygen atoms in total. The van der Waals surface area contributed by atoms with Crippen LogP contribution in [0.1, 0.15) is 28.0 Å². The van der Waals surface area contributed by atoms with Gasteiger partial charge in [0.25, 0.3) is 5.91 Å². The van der Waals surface area contributed by atoms with Crippen LogP contribution < -0.4 is 10.2 Å². The van der Waals surface area contributed by atoms with Gasteiger partial charge in [-0.3, -0.25) is 14.9 Å². The number of fused-ring (bicyclic) bond motifs is 1. The van der Waals surface area contributed by atoms with Gasteiger partial charge >= 0.3 is 6.01 Å². The highest BCUT2D eigenvalue weighted by Crippen LogP contribution is 2.31. The molecule has 144 valence electrons. The molecule has 0 unspecified atom stereocenters. The van der Waals surface area contributed by atoms with Crippen molar-refractivity contribution in [3.63, 3.8) is 0 Å². The first kappa shape index (κ1) is 17.5. The first-order valence-corrected chi connectivity index (χ1v) is 9.85. The number of nitrogens with zero attached hydrogens (tertiary/aromatic N) is 4. The Morgan fingerprint density at radius 1 is 1.10 bits per heavy atom. The normalized spacial score (nSPS) is 16.5. The van der Waals surface area contributed by atoms with Crippen LogP contribution in [-0.2, 0) is 4.79 Å². The number of para-hydroxylation sites is 2. The molecule has 1 fully saturated rings. The van der Waals surface area contributed by atoms with E-state index in [0.717, 1.165) is 15.9 Å². The lowest BCUT2D eigenvalue weighted by Crippen LogP contribution is -2.24. The van der Waals surface area contributed by atoms with Gasteiger partial charge in [0.15, 0.2) is 5.01 Å². The van der Waals surface area contributed by atoms with Crippen LogP contribution in [0.15, 0.2) is 59.0 Å². The van der Waals surface area contributed by atoms with Crippen LogP contribution in [0.2, 0.25) is 0 Å². The first-order valence-electron chi connectivity index (χ1n) is 9.03. The molecule has 0 radical (unpaired) electrons. The van der Waals surface area contributed by atoms with Crippen LogP contribution in [-0.4, -0.2) is 33.5 Å². The van der Waals surface area contributed by atoms with Gasteiger partial charge in [-0.15, -0.1) is 16.4 Å². The molecule has 0 aliphatic carbocycles. The Morgan fingerprint density at radius 2 is 1.90 bits per heavy atom. The van der Waals surface area contributed by atoms with Crippen LogP contribution in [0.25, 0.3) is 10.2 Å². The molecule has 29 heavy (non-hydrogen) atoms. The number of carbonyl (C=O) groups is 2. The van der Waals surface area contributed by atoms with Gasteiger partial charge in [0.2, 0.25) is 11.8 Å². The summed E-state index contributed by atoms with van der Waals surface area (Å²) in [5.74, 6) is -0.297. The van der Waals surface area contributed by atoms with Crippen molar-refractivity contribution in [2.45, 2.75) is 12.3 Å². The third kappa shape index (κ3) is 3.36. The van der Waals surface area contributed by atoms with Crippen molar-refractivity contribution in [1.29, 1.82) is 0 Å². The summed E-state index contributed by atoms with van der Waals surface area (Å²) in [5, 5.41) is 10.8. The second-order valence-corrected chi connectivity index (χ2v) is 7.66. The molecular formula is C20H15N5O3S. The fourth-order valence-corrected chi connectivity index (χ4v) is 4.16. The number of thiazole rings is 1. The molecule has 2 aromatic heterocycles. The number of hydrogen-bond acceptors (Lipinski definition) is 7. The first-order chi connectivity index (χ1) is 14.2. The lowest BCUT2D eigenvalue weighted by molar-refractivity contribution is -0.117. The molecule has 2 amide bonds. The van der Waals surface area contributed by atoms with Gasteiger partial charge in [0, 0.05) is 18.7 Å². The summed E-state index contributed by atoms with van der Waals surface area (Å²) in [5.41, 5.74) is 1.60. The summed E-state index contributed by atoms with van der Waals surface area (Å²) in [4.78, 5) is 30.8. The Kier molecular flexibility index (Phi) is 4.28. The minimum atomic E-state index is -0.408. The predicted molar refractivity (Wildman–Crippen MR) is 108 cm³/mol. The summed E-state index contributed by atoms with van der Waals surface area (Å²) >= 11 is 1.29. The molecule has 3 heterocycles. The Morgan fingerprint density at radius 3 is 2.72 bits per heavy atom. The zero-order valence-electron chi connectivity index (χ0n) is 15.1. The number of benzene rings is 2. The molecule has 1 atom stereocenters. The van der Waals surface area contributed by atoms with Crippen LogP contribution in [0.4, 0.5) is 11.7 Å². The average Bonchev–Trinajstić information content (AvgIpc) is 3.46. The quantitative estimate of drug-likeness (QED) is 0.558. The number of nitrogens with one attached hydrogen (secondary N) is 1. The maximum Gasteiger partial charge on any atom is 0.322 e.